The van der Waals surface area contributed by atoms with Crippen molar-refractivity contribution in [1.29, 1.82) is 0 Å². The zero-order valence-electron chi connectivity index (χ0n) is 18.8. The number of hydrogen-bond acceptors (Lipinski definition) is 4. The standard InChI is InChI=1S/C24H30Cl2N2O4S/c1-32-18-24(29)28-15-9-5-3-2-4-8-14-27(17-19-10-6-7-11-22(19)28)33(30,31)23-13-12-20(25)16-21(23)26/h6-7,10-13,16H,2-5,8-9,14-15,17-18H2,1H3. The van der Waals surface area contributed by atoms with Crippen LogP contribution in [0.2, 0.25) is 10.0 Å². The zero-order chi connectivity index (χ0) is 23.8. The lowest BCUT2D eigenvalue weighted by Gasteiger charge is -2.28. The minimum atomic E-state index is -3.88. The number of halogens is 2. The third kappa shape index (κ3) is 6.70. The maximum absolute atomic E-state index is 13.6. The first-order valence-corrected chi connectivity index (χ1v) is 13.4. The molecule has 9 heteroatoms. The molecule has 0 atom stereocenters. The fourth-order valence-electron chi connectivity index (χ4n) is 4.05. The van der Waals surface area contributed by atoms with Crippen LogP contribution < -0.4 is 4.90 Å². The Hall–Kier alpha value is -1.64. The number of carbonyl (C=O) groups is 1. The second-order valence-corrected chi connectivity index (χ2v) is 10.9. The van der Waals surface area contributed by atoms with Gasteiger partial charge in [-0.1, -0.05) is 67.1 Å². The second-order valence-electron chi connectivity index (χ2n) is 8.14. The highest BCUT2D eigenvalue weighted by Gasteiger charge is 2.29. The summed E-state index contributed by atoms with van der Waals surface area (Å²) in [6.07, 6.45) is 5.65. The molecule has 0 saturated carbocycles. The molecular weight excluding hydrogens is 483 g/mol. The van der Waals surface area contributed by atoms with E-state index in [9.17, 15) is 13.2 Å². The van der Waals surface area contributed by atoms with Crippen molar-refractivity contribution < 1.29 is 17.9 Å². The average Bonchev–Trinajstić information content (AvgIpc) is 2.79. The van der Waals surface area contributed by atoms with Crippen LogP contribution in [-0.2, 0) is 26.1 Å². The number of amides is 1. The largest absolute Gasteiger partial charge is 0.375 e. The summed E-state index contributed by atoms with van der Waals surface area (Å²) in [6.45, 7) is 1.03. The molecule has 6 nitrogen and oxygen atoms in total. The van der Waals surface area contributed by atoms with Gasteiger partial charge in [0.25, 0.3) is 5.91 Å². The SMILES string of the molecule is COCC(=O)N1CCCCCCCCN(S(=O)(=O)c2ccc(Cl)cc2Cl)Cc2ccccc21. The molecular formula is C24H30Cl2N2O4S. The normalized spacial score (nSPS) is 16.9. The Morgan fingerprint density at radius 3 is 2.33 bits per heavy atom. The molecule has 0 radical (unpaired) electrons. The first-order chi connectivity index (χ1) is 15.8. The van der Waals surface area contributed by atoms with Gasteiger partial charge in [0.15, 0.2) is 0 Å². The lowest BCUT2D eigenvalue weighted by atomic mass is 10.1. The van der Waals surface area contributed by atoms with Gasteiger partial charge in [0.2, 0.25) is 10.0 Å². The topological polar surface area (TPSA) is 66.9 Å². The summed E-state index contributed by atoms with van der Waals surface area (Å²) in [5.74, 6) is -0.144. The summed E-state index contributed by atoms with van der Waals surface area (Å²) in [6, 6.07) is 11.9. The van der Waals surface area contributed by atoms with Gasteiger partial charge in [-0.05, 0) is 42.7 Å². The van der Waals surface area contributed by atoms with E-state index in [2.05, 4.69) is 0 Å². The highest BCUT2D eigenvalue weighted by atomic mass is 35.5. The van der Waals surface area contributed by atoms with Crippen molar-refractivity contribution in [2.24, 2.45) is 0 Å². The monoisotopic (exact) mass is 512 g/mol. The van der Waals surface area contributed by atoms with Crippen LogP contribution in [0, 0.1) is 0 Å². The van der Waals surface area contributed by atoms with Crippen molar-refractivity contribution in [1.82, 2.24) is 4.31 Å². The van der Waals surface area contributed by atoms with Gasteiger partial charge in [-0.25, -0.2) is 8.42 Å². The molecule has 0 aliphatic carbocycles. The van der Waals surface area contributed by atoms with E-state index < -0.39 is 10.0 Å². The Morgan fingerprint density at radius 2 is 1.64 bits per heavy atom. The van der Waals surface area contributed by atoms with Gasteiger partial charge in [-0.3, -0.25) is 4.79 Å². The second kappa shape index (κ2) is 12.2. The number of carbonyl (C=O) groups excluding carboxylic acids is 1. The van der Waals surface area contributed by atoms with Crippen LogP contribution in [0.3, 0.4) is 0 Å². The van der Waals surface area contributed by atoms with E-state index in [0.29, 0.717) is 23.8 Å². The zero-order valence-corrected chi connectivity index (χ0v) is 21.1. The van der Waals surface area contributed by atoms with Gasteiger partial charge >= 0.3 is 0 Å². The lowest BCUT2D eigenvalue weighted by Crippen LogP contribution is -2.37. The molecule has 0 aromatic heterocycles. The molecule has 1 heterocycles. The molecule has 2 aromatic rings. The Bertz CT molecular complexity index is 1060. The number of anilines is 1. The van der Waals surface area contributed by atoms with Gasteiger partial charge in [-0.2, -0.15) is 4.31 Å². The number of hydrogen-bond donors (Lipinski definition) is 0. The molecule has 1 aliphatic heterocycles. The summed E-state index contributed by atoms with van der Waals surface area (Å²) in [7, 11) is -2.39. The van der Waals surface area contributed by atoms with Gasteiger partial charge in [0.05, 0.1) is 5.02 Å². The van der Waals surface area contributed by atoms with Crippen LogP contribution in [0.1, 0.15) is 44.1 Å². The van der Waals surface area contributed by atoms with Crippen molar-refractivity contribution in [3.63, 3.8) is 0 Å². The van der Waals surface area contributed by atoms with Crippen molar-refractivity contribution >= 4 is 44.8 Å². The van der Waals surface area contributed by atoms with Crippen LogP contribution in [0.25, 0.3) is 0 Å². The maximum atomic E-state index is 13.6. The Balaban J connectivity index is 2.03. The number of para-hydroxylation sites is 1. The number of ether oxygens (including phenoxy) is 1. The van der Waals surface area contributed by atoms with E-state index >= 15 is 0 Å². The van der Waals surface area contributed by atoms with Crippen LogP contribution >= 0.6 is 23.2 Å². The quantitative estimate of drug-likeness (QED) is 0.540. The fraction of sp³-hybridized carbons (Fsp3) is 0.458. The molecule has 0 spiro atoms. The predicted octanol–water partition coefficient (Wildman–Crippen LogP) is 5.52. The molecule has 0 unspecified atom stereocenters. The summed E-state index contributed by atoms with van der Waals surface area (Å²) >= 11 is 12.3. The Morgan fingerprint density at radius 1 is 0.970 bits per heavy atom. The van der Waals surface area contributed by atoms with E-state index in [4.69, 9.17) is 27.9 Å². The maximum Gasteiger partial charge on any atom is 0.252 e. The molecule has 0 fully saturated rings. The van der Waals surface area contributed by atoms with Crippen LogP contribution in [-0.4, -0.2) is 45.4 Å². The number of rotatable bonds is 4. The molecule has 1 amide bonds. The van der Waals surface area contributed by atoms with E-state index in [1.165, 1.54) is 29.6 Å². The molecule has 33 heavy (non-hydrogen) atoms. The molecule has 0 bridgehead atoms. The van der Waals surface area contributed by atoms with Crippen molar-refractivity contribution in [3.05, 3.63) is 58.1 Å². The third-order valence-corrected chi connectivity index (χ3v) is 8.31. The summed E-state index contributed by atoms with van der Waals surface area (Å²) in [4.78, 5) is 14.6. The Kier molecular flexibility index (Phi) is 9.58. The van der Waals surface area contributed by atoms with E-state index in [0.717, 1.165) is 44.1 Å². The lowest BCUT2D eigenvalue weighted by molar-refractivity contribution is -0.122. The molecule has 3 rings (SSSR count). The van der Waals surface area contributed by atoms with Crippen molar-refractivity contribution in [3.8, 4) is 0 Å². The summed E-state index contributed by atoms with van der Waals surface area (Å²) < 4.78 is 33.8. The molecule has 1 aliphatic rings. The van der Waals surface area contributed by atoms with E-state index in [1.54, 1.807) is 4.90 Å². The number of methoxy groups -OCH3 is 1. The fourth-order valence-corrected chi connectivity index (χ4v) is 6.25. The highest BCUT2D eigenvalue weighted by Crippen LogP contribution is 2.31. The number of nitrogens with zero attached hydrogens (tertiary/aromatic N) is 2. The van der Waals surface area contributed by atoms with Gasteiger partial charge < -0.3 is 9.64 Å². The van der Waals surface area contributed by atoms with E-state index in [1.807, 2.05) is 24.3 Å². The minimum Gasteiger partial charge on any atom is -0.375 e. The average molecular weight is 513 g/mol. The van der Waals surface area contributed by atoms with Crippen LogP contribution in [0.15, 0.2) is 47.4 Å². The third-order valence-electron chi connectivity index (χ3n) is 5.75. The first kappa shape index (κ1) is 26.0. The minimum absolute atomic E-state index is 0.0303. The molecule has 180 valence electrons. The molecule has 0 N–H and O–H groups in total. The summed E-state index contributed by atoms with van der Waals surface area (Å²) in [5.41, 5.74) is 1.47. The number of sulfonamides is 1. The van der Waals surface area contributed by atoms with Crippen molar-refractivity contribution in [2.75, 3.05) is 31.7 Å². The van der Waals surface area contributed by atoms with Crippen LogP contribution in [0.5, 0.6) is 0 Å². The molecule has 2 aromatic carbocycles. The number of fused-ring (bicyclic) bond motifs is 1. The van der Waals surface area contributed by atoms with Crippen LogP contribution in [0.4, 0.5) is 5.69 Å². The number of benzene rings is 2. The van der Waals surface area contributed by atoms with Crippen molar-refractivity contribution in [2.45, 2.75) is 50.0 Å². The summed E-state index contributed by atoms with van der Waals surface area (Å²) in [5, 5.41) is 0.470. The van der Waals surface area contributed by atoms with Gasteiger partial charge in [-0.15, -0.1) is 0 Å². The van der Waals surface area contributed by atoms with E-state index in [-0.39, 0.29) is 29.0 Å². The predicted molar refractivity (Wildman–Crippen MR) is 132 cm³/mol. The Labute approximate surface area is 206 Å². The highest BCUT2D eigenvalue weighted by molar-refractivity contribution is 7.89. The molecule has 0 saturated heterocycles. The smallest absolute Gasteiger partial charge is 0.252 e. The first-order valence-electron chi connectivity index (χ1n) is 11.2. The van der Waals surface area contributed by atoms with Gasteiger partial charge in [0, 0.05) is 37.5 Å². The van der Waals surface area contributed by atoms with Gasteiger partial charge in [0.1, 0.15) is 11.5 Å².